The molecule has 2 heterocycles. The number of thiophene rings is 1. The van der Waals surface area contributed by atoms with Crippen LogP contribution < -0.4 is 5.32 Å². The molecule has 0 amide bonds. The number of hydrogen-bond acceptors (Lipinski definition) is 4. The lowest BCUT2D eigenvalue weighted by molar-refractivity contribution is 0.400. The minimum absolute atomic E-state index is 0.896. The van der Waals surface area contributed by atoms with Gasteiger partial charge < -0.3 is 10.2 Å². The molecule has 0 fully saturated rings. The van der Waals surface area contributed by atoms with Crippen LogP contribution in [-0.2, 0) is 6.54 Å². The van der Waals surface area contributed by atoms with E-state index in [9.17, 15) is 0 Å². The van der Waals surface area contributed by atoms with Crippen LogP contribution in [0.5, 0.6) is 0 Å². The van der Waals surface area contributed by atoms with Gasteiger partial charge in [-0.15, -0.1) is 11.3 Å². The summed E-state index contributed by atoms with van der Waals surface area (Å²) in [6.07, 6.45) is 0. The number of fused-ring (bicyclic) bond motifs is 3. The lowest BCUT2D eigenvalue weighted by atomic mass is 10.1. The van der Waals surface area contributed by atoms with Crippen LogP contribution in [0, 0.1) is 0 Å². The predicted molar refractivity (Wildman–Crippen MR) is 107 cm³/mol. The first-order chi connectivity index (χ1) is 12.2. The second-order valence-electron chi connectivity index (χ2n) is 6.55. The first kappa shape index (κ1) is 16.3. The minimum Gasteiger partial charge on any atom is -0.311 e. The van der Waals surface area contributed by atoms with Gasteiger partial charge in [0.15, 0.2) is 0 Å². The number of benzene rings is 2. The molecule has 0 aliphatic heterocycles. The molecule has 0 saturated heterocycles. The summed E-state index contributed by atoms with van der Waals surface area (Å²) < 4.78 is 2.53. The highest BCUT2D eigenvalue weighted by Gasteiger charge is 2.13. The maximum absolute atomic E-state index is 4.56. The Morgan fingerprint density at radius 2 is 1.88 bits per heavy atom. The van der Waals surface area contributed by atoms with Gasteiger partial charge in [-0.05, 0) is 25.7 Å². The number of nitrogens with one attached hydrogen (secondary N) is 2. The molecule has 4 nitrogen and oxygen atoms in total. The van der Waals surface area contributed by atoms with Crippen molar-refractivity contribution in [2.24, 2.45) is 0 Å². The van der Waals surface area contributed by atoms with Gasteiger partial charge in [0.2, 0.25) is 0 Å². The Balaban J connectivity index is 1.55. The van der Waals surface area contributed by atoms with Gasteiger partial charge in [-0.25, -0.2) is 0 Å². The summed E-state index contributed by atoms with van der Waals surface area (Å²) in [5.74, 6) is 0. The molecule has 4 aromatic rings. The summed E-state index contributed by atoms with van der Waals surface area (Å²) in [6, 6.07) is 17.2. The molecule has 0 saturated carbocycles. The summed E-state index contributed by atoms with van der Waals surface area (Å²) >= 11 is 1.80. The van der Waals surface area contributed by atoms with Crippen molar-refractivity contribution in [3.63, 3.8) is 0 Å². The fraction of sp³-hybridized carbons (Fsp3) is 0.250. The van der Waals surface area contributed by atoms with Gasteiger partial charge in [0, 0.05) is 35.3 Å². The Morgan fingerprint density at radius 3 is 2.68 bits per heavy atom. The quantitative estimate of drug-likeness (QED) is 0.515. The number of nitrogens with zero attached hydrogens (tertiary/aromatic N) is 2. The van der Waals surface area contributed by atoms with E-state index in [0.717, 1.165) is 36.4 Å². The van der Waals surface area contributed by atoms with E-state index in [-0.39, 0.29) is 0 Å². The Morgan fingerprint density at radius 1 is 1.08 bits per heavy atom. The van der Waals surface area contributed by atoms with E-state index in [1.165, 1.54) is 20.3 Å². The summed E-state index contributed by atoms with van der Waals surface area (Å²) in [7, 11) is 4.18. The fourth-order valence-electron chi connectivity index (χ4n) is 3.00. The summed E-state index contributed by atoms with van der Waals surface area (Å²) in [4.78, 5) is 2.18. The normalized spacial score (nSPS) is 11.8. The van der Waals surface area contributed by atoms with Gasteiger partial charge >= 0.3 is 0 Å². The first-order valence-corrected chi connectivity index (χ1v) is 9.34. The van der Waals surface area contributed by atoms with Crippen molar-refractivity contribution in [3.05, 3.63) is 54.1 Å². The van der Waals surface area contributed by atoms with Crippen LogP contribution in [0.4, 0.5) is 0 Å². The zero-order valence-electron chi connectivity index (χ0n) is 14.5. The predicted octanol–water partition coefficient (Wildman–Crippen LogP) is 4.10. The van der Waals surface area contributed by atoms with Crippen LogP contribution in [0.2, 0.25) is 0 Å². The topological polar surface area (TPSA) is 44.0 Å². The molecule has 0 bridgehead atoms. The largest absolute Gasteiger partial charge is 0.311 e. The van der Waals surface area contributed by atoms with Crippen LogP contribution >= 0.6 is 11.3 Å². The first-order valence-electron chi connectivity index (χ1n) is 8.53. The maximum atomic E-state index is 4.56. The smallest absolute Gasteiger partial charge is 0.110 e. The van der Waals surface area contributed by atoms with Crippen LogP contribution in [0.25, 0.3) is 31.6 Å². The highest BCUT2D eigenvalue weighted by molar-refractivity contribution is 7.26. The van der Waals surface area contributed by atoms with Gasteiger partial charge in [-0.3, -0.25) is 5.10 Å². The molecule has 2 aromatic carbocycles. The lowest BCUT2D eigenvalue weighted by Crippen LogP contribution is -2.26. The molecule has 0 radical (unpaired) electrons. The van der Waals surface area contributed by atoms with Crippen molar-refractivity contribution in [1.82, 2.24) is 20.4 Å². The van der Waals surface area contributed by atoms with E-state index in [4.69, 9.17) is 0 Å². The van der Waals surface area contributed by atoms with Gasteiger partial charge in [0.25, 0.3) is 0 Å². The molecular formula is C20H22N4S. The molecule has 0 aliphatic carbocycles. The van der Waals surface area contributed by atoms with E-state index in [1.54, 1.807) is 11.3 Å². The fourth-order valence-corrected chi connectivity index (χ4v) is 4.16. The standard InChI is InChI=1S/C20H22N4S/c1-24(2)12-11-21-13-14-7-9-15(10-8-14)18-20-19(23-22-18)16-5-3-4-6-17(16)25-20/h3-10,21H,11-13H2,1-2H3,(H,22,23). The van der Waals surface area contributed by atoms with Gasteiger partial charge in [0.05, 0.1) is 10.2 Å². The molecule has 25 heavy (non-hydrogen) atoms. The van der Waals surface area contributed by atoms with E-state index in [2.05, 4.69) is 83.0 Å². The van der Waals surface area contributed by atoms with Crippen molar-refractivity contribution in [2.45, 2.75) is 6.54 Å². The lowest BCUT2D eigenvalue weighted by Gasteiger charge is -2.10. The Kier molecular flexibility index (Phi) is 4.53. The zero-order valence-corrected chi connectivity index (χ0v) is 15.4. The van der Waals surface area contributed by atoms with Gasteiger partial charge in [-0.1, -0.05) is 42.5 Å². The molecule has 2 aromatic heterocycles. The monoisotopic (exact) mass is 350 g/mol. The average molecular weight is 350 g/mol. The van der Waals surface area contributed by atoms with Crippen LogP contribution in [-0.4, -0.2) is 42.3 Å². The number of hydrogen-bond donors (Lipinski definition) is 2. The second kappa shape index (κ2) is 6.96. The number of rotatable bonds is 6. The third-order valence-corrected chi connectivity index (χ3v) is 5.56. The van der Waals surface area contributed by atoms with Crippen molar-refractivity contribution in [3.8, 4) is 11.3 Å². The molecular weight excluding hydrogens is 328 g/mol. The van der Waals surface area contributed by atoms with E-state index < -0.39 is 0 Å². The number of H-pyrrole nitrogens is 1. The van der Waals surface area contributed by atoms with E-state index in [1.807, 2.05) is 0 Å². The van der Waals surface area contributed by atoms with Crippen molar-refractivity contribution >= 4 is 31.6 Å². The van der Waals surface area contributed by atoms with Crippen molar-refractivity contribution < 1.29 is 0 Å². The van der Waals surface area contributed by atoms with Crippen LogP contribution in [0.15, 0.2) is 48.5 Å². The third kappa shape index (κ3) is 3.31. The van der Waals surface area contributed by atoms with Gasteiger partial charge in [-0.2, -0.15) is 5.10 Å². The minimum atomic E-state index is 0.896. The molecule has 0 atom stereocenters. The SMILES string of the molecule is CN(C)CCNCc1ccc(-c2n[nH]c3c2sc2ccccc23)cc1. The van der Waals surface area contributed by atoms with Crippen LogP contribution in [0.3, 0.4) is 0 Å². The van der Waals surface area contributed by atoms with Crippen molar-refractivity contribution in [2.75, 3.05) is 27.2 Å². The molecule has 0 aliphatic rings. The highest BCUT2D eigenvalue weighted by Crippen LogP contribution is 2.38. The number of aromatic amines is 1. The molecule has 0 spiro atoms. The van der Waals surface area contributed by atoms with Crippen molar-refractivity contribution in [1.29, 1.82) is 0 Å². The highest BCUT2D eigenvalue weighted by atomic mass is 32.1. The Hall–Kier alpha value is -2.21. The number of aromatic nitrogens is 2. The summed E-state index contributed by atoms with van der Waals surface area (Å²) in [5, 5.41) is 12.5. The zero-order chi connectivity index (χ0) is 17.2. The Bertz CT molecular complexity index is 982. The molecule has 5 heteroatoms. The van der Waals surface area contributed by atoms with E-state index >= 15 is 0 Å². The molecule has 128 valence electrons. The molecule has 4 rings (SSSR count). The van der Waals surface area contributed by atoms with Gasteiger partial charge in [0.1, 0.15) is 5.69 Å². The Labute approximate surface area is 151 Å². The molecule has 2 N–H and O–H groups in total. The van der Waals surface area contributed by atoms with Crippen LogP contribution in [0.1, 0.15) is 5.56 Å². The second-order valence-corrected chi connectivity index (χ2v) is 7.60. The summed E-state index contributed by atoms with van der Waals surface area (Å²) in [5.41, 5.74) is 4.65. The third-order valence-electron chi connectivity index (χ3n) is 4.38. The molecule has 0 unspecified atom stereocenters. The summed E-state index contributed by atoms with van der Waals surface area (Å²) in [6.45, 7) is 2.94. The average Bonchev–Trinajstić information content (AvgIpc) is 3.18. The maximum Gasteiger partial charge on any atom is 0.110 e. The van der Waals surface area contributed by atoms with E-state index in [0.29, 0.717) is 0 Å². The number of likely N-dealkylation sites (N-methyl/N-ethyl adjacent to an activating group) is 1.